The van der Waals surface area contributed by atoms with Crippen LogP contribution in [0.15, 0.2) is 23.8 Å². The van der Waals surface area contributed by atoms with Crippen LogP contribution < -0.4 is 0 Å². The van der Waals surface area contributed by atoms with Crippen molar-refractivity contribution < 1.29 is 9.53 Å². The van der Waals surface area contributed by atoms with Crippen LogP contribution in [0.4, 0.5) is 0 Å². The summed E-state index contributed by atoms with van der Waals surface area (Å²) in [4.78, 5) is 10.4. The summed E-state index contributed by atoms with van der Waals surface area (Å²) < 4.78 is 5.34. The summed E-state index contributed by atoms with van der Waals surface area (Å²) in [5.74, 6) is 0.243. The smallest absolute Gasteiger partial charge is 0.149 e. The molecule has 66 valence electrons. The monoisotopic (exact) mass is 166 g/mol. The van der Waals surface area contributed by atoms with Crippen LogP contribution in [-0.4, -0.2) is 19.0 Å². The van der Waals surface area contributed by atoms with Crippen LogP contribution >= 0.6 is 0 Å². The van der Waals surface area contributed by atoms with Gasteiger partial charge in [0.15, 0.2) is 0 Å². The van der Waals surface area contributed by atoms with Gasteiger partial charge in [-0.25, -0.2) is 0 Å². The molecule has 1 rings (SSSR count). The summed E-state index contributed by atoms with van der Waals surface area (Å²) in [6.45, 7) is 4.04. The molecule has 0 radical (unpaired) electrons. The molecule has 0 aromatic rings. The first kappa shape index (κ1) is 9.20. The summed E-state index contributed by atoms with van der Waals surface area (Å²) in [5, 5.41) is 0. The number of carbonyl (C=O) groups excluding carboxylic acids is 1. The molecule has 0 heterocycles. The van der Waals surface area contributed by atoms with E-state index in [4.69, 9.17) is 4.74 Å². The molecule has 0 saturated heterocycles. The summed E-state index contributed by atoms with van der Waals surface area (Å²) in [7, 11) is 1.68. The van der Waals surface area contributed by atoms with Crippen molar-refractivity contribution in [1.29, 1.82) is 0 Å². The lowest BCUT2D eigenvalue weighted by Gasteiger charge is -2.32. The SMILES string of the molecule is COC1(C)C=CC(C=O)=CC1C. The van der Waals surface area contributed by atoms with Crippen molar-refractivity contribution in [1.82, 2.24) is 0 Å². The van der Waals surface area contributed by atoms with Gasteiger partial charge in [0.2, 0.25) is 0 Å². The van der Waals surface area contributed by atoms with Gasteiger partial charge in [-0.2, -0.15) is 0 Å². The number of allylic oxidation sites excluding steroid dienone is 2. The second-order valence-electron chi connectivity index (χ2n) is 3.29. The van der Waals surface area contributed by atoms with Gasteiger partial charge in [0.25, 0.3) is 0 Å². The average Bonchev–Trinajstić information content (AvgIpc) is 2.10. The number of ether oxygens (including phenoxy) is 1. The van der Waals surface area contributed by atoms with E-state index in [0.717, 1.165) is 11.9 Å². The van der Waals surface area contributed by atoms with E-state index in [1.54, 1.807) is 13.2 Å². The average molecular weight is 166 g/mol. The van der Waals surface area contributed by atoms with Gasteiger partial charge in [-0.3, -0.25) is 4.79 Å². The van der Waals surface area contributed by atoms with Crippen molar-refractivity contribution in [3.8, 4) is 0 Å². The zero-order chi connectivity index (χ0) is 9.19. The Morgan fingerprint density at radius 3 is 2.75 bits per heavy atom. The zero-order valence-electron chi connectivity index (χ0n) is 7.70. The van der Waals surface area contributed by atoms with Crippen LogP contribution in [0.5, 0.6) is 0 Å². The fourth-order valence-electron chi connectivity index (χ4n) is 1.26. The van der Waals surface area contributed by atoms with Crippen LogP contribution in [-0.2, 0) is 9.53 Å². The fourth-order valence-corrected chi connectivity index (χ4v) is 1.26. The predicted octanol–water partition coefficient (Wildman–Crippen LogP) is 1.72. The minimum Gasteiger partial charge on any atom is -0.374 e. The van der Waals surface area contributed by atoms with E-state index in [1.165, 1.54) is 0 Å². The van der Waals surface area contributed by atoms with Crippen molar-refractivity contribution >= 4 is 6.29 Å². The van der Waals surface area contributed by atoms with Crippen molar-refractivity contribution in [2.24, 2.45) is 5.92 Å². The second-order valence-corrected chi connectivity index (χ2v) is 3.29. The van der Waals surface area contributed by atoms with E-state index in [2.05, 4.69) is 0 Å². The Balaban J connectivity index is 2.87. The number of carbonyl (C=O) groups is 1. The zero-order valence-corrected chi connectivity index (χ0v) is 7.70. The van der Waals surface area contributed by atoms with Gasteiger partial charge >= 0.3 is 0 Å². The van der Waals surface area contributed by atoms with E-state index >= 15 is 0 Å². The van der Waals surface area contributed by atoms with Gasteiger partial charge in [-0.15, -0.1) is 0 Å². The fraction of sp³-hybridized carbons (Fsp3) is 0.500. The Kier molecular flexibility index (Phi) is 2.48. The van der Waals surface area contributed by atoms with Crippen molar-refractivity contribution in [2.75, 3.05) is 7.11 Å². The van der Waals surface area contributed by atoms with Gasteiger partial charge in [-0.1, -0.05) is 25.2 Å². The van der Waals surface area contributed by atoms with E-state index in [9.17, 15) is 4.79 Å². The third-order valence-electron chi connectivity index (χ3n) is 2.53. The molecule has 0 spiro atoms. The molecule has 0 N–H and O–H groups in total. The largest absolute Gasteiger partial charge is 0.374 e. The molecular formula is C10H14O2. The molecule has 1 aliphatic carbocycles. The quantitative estimate of drug-likeness (QED) is 0.584. The van der Waals surface area contributed by atoms with Crippen LogP contribution in [0, 0.1) is 5.92 Å². The van der Waals surface area contributed by atoms with Crippen LogP contribution in [0.1, 0.15) is 13.8 Å². The molecule has 0 aliphatic heterocycles. The van der Waals surface area contributed by atoms with E-state index in [0.29, 0.717) is 0 Å². The Morgan fingerprint density at radius 1 is 1.67 bits per heavy atom. The van der Waals surface area contributed by atoms with Crippen molar-refractivity contribution in [2.45, 2.75) is 19.4 Å². The summed E-state index contributed by atoms with van der Waals surface area (Å²) in [5.41, 5.74) is 0.476. The minimum absolute atomic E-state index is 0.243. The van der Waals surface area contributed by atoms with Crippen LogP contribution in [0.2, 0.25) is 0 Å². The lowest BCUT2D eigenvalue weighted by molar-refractivity contribution is -0.104. The molecule has 0 amide bonds. The molecule has 2 unspecified atom stereocenters. The van der Waals surface area contributed by atoms with E-state index in [1.807, 2.05) is 26.0 Å². The molecule has 0 saturated carbocycles. The molecule has 12 heavy (non-hydrogen) atoms. The van der Waals surface area contributed by atoms with E-state index in [-0.39, 0.29) is 11.5 Å². The van der Waals surface area contributed by atoms with Crippen LogP contribution in [0.25, 0.3) is 0 Å². The maximum atomic E-state index is 10.4. The molecular weight excluding hydrogens is 152 g/mol. The maximum Gasteiger partial charge on any atom is 0.149 e. The lowest BCUT2D eigenvalue weighted by Crippen LogP contribution is -2.33. The number of rotatable bonds is 2. The number of aldehydes is 1. The molecule has 0 aromatic heterocycles. The van der Waals surface area contributed by atoms with Gasteiger partial charge in [0.05, 0.1) is 5.60 Å². The summed E-state index contributed by atoms with van der Waals surface area (Å²) in [6.07, 6.45) is 6.52. The first-order valence-electron chi connectivity index (χ1n) is 4.04. The highest BCUT2D eigenvalue weighted by Gasteiger charge is 2.28. The highest BCUT2D eigenvalue weighted by atomic mass is 16.5. The maximum absolute atomic E-state index is 10.4. The molecule has 2 nitrogen and oxygen atoms in total. The number of methoxy groups -OCH3 is 1. The van der Waals surface area contributed by atoms with Crippen molar-refractivity contribution in [3.63, 3.8) is 0 Å². The highest BCUT2D eigenvalue weighted by molar-refractivity contribution is 5.78. The van der Waals surface area contributed by atoms with Gasteiger partial charge in [0, 0.05) is 18.6 Å². The van der Waals surface area contributed by atoms with E-state index < -0.39 is 0 Å². The van der Waals surface area contributed by atoms with Gasteiger partial charge < -0.3 is 4.74 Å². The number of hydrogen-bond acceptors (Lipinski definition) is 2. The first-order valence-corrected chi connectivity index (χ1v) is 4.04. The molecule has 0 bridgehead atoms. The van der Waals surface area contributed by atoms with Gasteiger partial charge in [0.1, 0.15) is 6.29 Å². The standard InChI is InChI=1S/C10H14O2/c1-8-6-9(7-11)4-5-10(8,2)12-3/h4-8H,1-3H3. The Morgan fingerprint density at radius 2 is 2.33 bits per heavy atom. The Bertz CT molecular complexity index is 240. The molecule has 2 heteroatoms. The topological polar surface area (TPSA) is 26.3 Å². The molecule has 2 atom stereocenters. The second kappa shape index (κ2) is 3.23. The number of hydrogen-bond donors (Lipinski definition) is 0. The molecule has 0 aromatic carbocycles. The third kappa shape index (κ3) is 1.48. The summed E-state index contributed by atoms with van der Waals surface area (Å²) >= 11 is 0. The minimum atomic E-state index is -0.257. The normalized spacial score (nSPS) is 34.6. The highest BCUT2D eigenvalue weighted by Crippen LogP contribution is 2.28. The van der Waals surface area contributed by atoms with Gasteiger partial charge in [-0.05, 0) is 6.92 Å². The van der Waals surface area contributed by atoms with Crippen molar-refractivity contribution in [3.05, 3.63) is 23.8 Å². The van der Waals surface area contributed by atoms with Crippen LogP contribution in [0.3, 0.4) is 0 Å². The predicted molar refractivity (Wildman–Crippen MR) is 47.9 cm³/mol. The molecule has 1 aliphatic rings. The Hall–Kier alpha value is -0.890. The molecule has 0 fully saturated rings. The Labute approximate surface area is 72.9 Å². The summed E-state index contributed by atoms with van der Waals surface area (Å²) in [6, 6.07) is 0. The lowest BCUT2D eigenvalue weighted by atomic mass is 9.84. The third-order valence-corrected chi connectivity index (χ3v) is 2.53. The first-order chi connectivity index (χ1) is 5.62.